The van der Waals surface area contributed by atoms with Crippen molar-refractivity contribution in [3.63, 3.8) is 0 Å². The molecule has 3 rings (SSSR count). The van der Waals surface area contributed by atoms with Gasteiger partial charge in [0, 0.05) is 29.9 Å². The lowest BCUT2D eigenvalue weighted by molar-refractivity contribution is -0.189. The molecule has 3 fully saturated rings. The van der Waals surface area contributed by atoms with E-state index in [1.165, 1.54) is 13.0 Å². The lowest BCUT2D eigenvalue weighted by Gasteiger charge is -2.55. The van der Waals surface area contributed by atoms with E-state index < -0.39 is 35.5 Å². The van der Waals surface area contributed by atoms with Crippen molar-refractivity contribution < 1.29 is 28.6 Å². The number of ether oxygens (including phenoxy) is 3. The molecular weight excluding hydrogens is 348 g/mol. The molecule has 0 radical (unpaired) electrons. The van der Waals surface area contributed by atoms with E-state index >= 15 is 0 Å². The molecule has 1 heterocycles. The van der Waals surface area contributed by atoms with Crippen LogP contribution in [0, 0.1) is 17.3 Å². The summed E-state index contributed by atoms with van der Waals surface area (Å²) in [5, 5.41) is 0. The molecular formula is C21H26O6. The third-order valence-corrected chi connectivity index (χ3v) is 6.12. The molecule has 0 aromatic carbocycles. The Morgan fingerprint density at radius 3 is 2.63 bits per heavy atom. The summed E-state index contributed by atoms with van der Waals surface area (Å²) in [6.45, 7) is 13.2. The van der Waals surface area contributed by atoms with Crippen molar-refractivity contribution in [2.24, 2.45) is 17.3 Å². The molecule has 0 spiro atoms. The number of hydrogen-bond donors (Lipinski definition) is 0. The fourth-order valence-corrected chi connectivity index (χ4v) is 5.05. The Morgan fingerprint density at radius 1 is 1.30 bits per heavy atom. The summed E-state index contributed by atoms with van der Waals surface area (Å²) in [7, 11) is 0. The van der Waals surface area contributed by atoms with Gasteiger partial charge >= 0.3 is 17.9 Å². The van der Waals surface area contributed by atoms with Gasteiger partial charge in [-0.1, -0.05) is 31.7 Å². The number of carbonyl (C=O) groups is 3. The molecule has 6 heteroatoms. The molecule has 6 nitrogen and oxygen atoms in total. The van der Waals surface area contributed by atoms with Crippen molar-refractivity contribution in [1.82, 2.24) is 0 Å². The highest BCUT2D eigenvalue weighted by molar-refractivity contribution is 5.91. The quantitative estimate of drug-likeness (QED) is 0.327. The minimum atomic E-state index is -0.637. The van der Waals surface area contributed by atoms with E-state index in [0.29, 0.717) is 24.8 Å². The topological polar surface area (TPSA) is 78.9 Å². The van der Waals surface area contributed by atoms with Gasteiger partial charge in [-0.05, 0) is 26.2 Å². The first-order valence-electron chi connectivity index (χ1n) is 9.27. The molecule has 2 saturated carbocycles. The van der Waals surface area contributed by atoms with Gasteiger partial charge < -0.3 is 14.2 Å². The van der Waals surface area contributed by atoms with Gasteiger partial charge in [-0.15, -0.1) is 0 Å². The number of carbonyl (C=O) groups excluding carboxylic acids is 3. The number of esters is 3. The summed E-state index contributed by atoms with van der Waals surface area (Å²) in [6.07, 6.45) is 3.30. The molecule has 27 heavy (non-hydrogen) atoms. The van der Waals surface area contributed by atoms with E-state index in [1.807, 2.05) is 6.92 Å². The second-order valence-electron chi connectivity index (χ2n) is 7.88. The highest BCUT2D eigenvalue weighted by atomic mass is 16.6. The van der Waals surface area contributed by atoms with Crippen LogP contribution in [0.15, 0.2) is 36.5 Å². The molecule has 1 saturated heterocycles. The van der Waals surface area contributed by atoms with Crippen molar-refractivity contribution in [1.29, 1.82) is 0 Å². The third kappa shape index (κ3) is 3.22. The lowest BCUT2D eigenvalue weighted by Crippen LogP contribution is -2.59. The van der Waals surface area contributed by atoms with Gasteiger partial charge in [-0.3, -0.25) is 4.79 Å². The summed E-state index contributed by atoms with van der Waals surface area (Å²) in [6, 6.07) is 0. The minimum absolute atomic E-state index is 0.252. The monoisotopic (exact) mass is 374 g/mol. The maximum absolute atomic E-state index is 12.3. The van der Waals surface area contributed by atoms with Crippen LogP contribution in [-0.2, 0) is 28.6 Å². The minimum Gasteiger partial charge on any atom is -0.462 e. The Kier molecular flexibility index (Phi) is 5.02. The van der Waals surface area contributed by atoms with Crippen molar-refractivity contribution >= 4 is 17.9 Å². The predicted molar refractivity (Wildman–Crippen MR) is 97.3 cm³/mol. The summed E-state index contributed by atoms with van der Waals surface area (Å²) >= 11 is 0. The lowest BCUT2D eigenvalue weighted by atomic mass is 9.53. The Morgan fingerprint density at radius 2 is 2.00 bits per heavy atom. The van der Waals surface area contributed by atoms with Crippen LogP contribution < -0.4 is 0 Å². The fraction of sp³-hybridized carbons (Fsp3) is 0.571. The molecule has 0 amide bonds. The molecule has 2 aliphatic carbocycles. The third-order valence-electron chi connectivity index (χ3n) is 6.12. The van der Waals surface area contributed by atoms with Gasteiger partial charge in [0.05, 0.1) is 5.92 Å². The smallest absolute Gasteiger partial charge is 0.334 e. The van der Waals surface area contributed by atoms with Gasteiger partial charge in [0.15, 0.2) is 0 Å². The highest BCUT2D eigenvalue weighted by Gasteiger charge is 2.63. The predicted octanol–water partition coefficient (Wildman–Crippen LogP) is 2.88. The standard InChI is InChI=1S/C21H26O6/c1-6-7-16(23)27-19-17-12(3)20(24)26-14(17)10-21(5)15(25-13(4)22)9-8-11(2)18(19)21/h6-7,14-15,17-19H,2-3,8-10H2,1,4-5H3/b7-6+/t14-,15+,17+,18?,19-,21-/m0/s1. The number of fused-ring (bicyclic) bond motifs is 2. The maximum atomic E-state index is 12.3. The second kappa shape index (κ2) is 6.98. The summed E-state index contributed by atoms with van der Waals surface area (Å²) < 4.78 is 17.0. The summed E-state index contributed by atoms with van der Waals surface area (Å²) in [5.74, 6) is -1.98. The Balaban J connectivity index is 2.04. The van der Waals surface area contributed by atoms with Crippen LogP contribution in [0.4, 0.5) is 0 Å². The van der Waals surface area contributed by atoms with E-state index in [0.717, 1.165) is 5.57 Å². The van der Waals surface area contributed by atoms with E-state index in [-0.39, 0.29) is 18.0 Å². The molecule has 146 valence electrons. The normalized spacial score (nSPS) is 38.2. The summed E-state index contributed by atoms with van der Waals surface area (Å²) in [4.78, 5) is 36.1. The summed E-state index contributed by atoms with van der Waals surface area (Å²) in [5.41, 5.74) is 0.709. The fourth-order valence-electron chi connectivity index (χ4n) is 5.05. The number of hydrogen-bond acceptors (Lipinski definition) is 6. The Labute approximate surface area is 159 Å². The van der Waals surface area contributed by atoms with Crippen molar-refractivity contribution in [3.8, 4) is 0 Å². The zero-order chi connectivity index (χ0) is 19.9. The zero-order valence-electron chi connectivity index (χ0n) is 16.0. The van der Waals surface area contributed by atoms with Gasteiger partial charge in [0.2, 0.25) is 0 Å². The average molecular weight is 374 g/mol. The van der Waals surface area contributed by atoms with Gasteiger partial charge in [-0.2, -0.15) is 0 Å². The number of rotatable bonds is 3. The Bertz CT molecular complexity index is 735. The van der Waals surface area contributed by atoms with Crippen molar-refractivity contribution in [2.75, 3.05) is 0 Å². The van der Waals surface area contributed by atoms with Crippen LogP contribution in [0.25, 0.3) is 0 Å². The molecule has 0 aromatic heterocycles. The van der Waals surface area contributed by atoms with Crippen LogP contribution >= 0.6 is 0 Å². The number of allylic oxidation sites excluding steroid dienone is 1. The molecule has 0 aromatic rings. The largest absolute Gasteiger partial charge is 0.462 e. The average Bonchev–Trinajstić information content (AvgIpc) is 2.84. The first-order valence-corrected chi connectivity index (χ1v) is 9.27. The van der Waals surface area contributed by atoms with Gasteiger partial charge in [0.1, 0.15) is 18.3 Å². The molecule has 0 bridgehead atoms. The highest BCUT2D eigenvalue weighted by Crippen LogP contribution is 2.58. The molecule has 3 aliphatic rings. The van der Waals surface area contributed by atoms with E-state index in [4.69, 9.17) is 14.2 Å². The van der Waals surface area contributed by atoms with Gasteiger partial charge in [-0.25, -0.2) is 9.59 Å². The maximum Gasteiger partial charge on any atom is 0.334 e. The van der Waals surface area contributed by atoms with Crippen LogP contribution in [0.1, 0.15) is 40.0 Å². The van der Waals surface area contributed by atoms with Gasteiger partial charge in [0.25, 0.3) is 0 Å². The second-order valence-corrected chi connectivity index (χ2v) is 7.88. The van der Waals surface area contributed by atoms with Crippen LogP contribution in [-0.4, -0.2) is 36.2 Å². The molecule has 1 aliphatic heterocycles. The molecule has 6 atom stereocenters. The van der Waals surface area contributed by atoms with Crippen molar-refractivity contribution in [2.45, 2.75) is 58.3 Å². The van der Waals surface area contributed by atoms with E-state index in [1.54, 1.807) is 13.0 Å². The first kappa shape index (κ1) is 19.4. The SMILES string of the molecule is C=C1CC[C@@H](OC(C)=O)[C@]2(C)C[C@@H]3OC(=O)C(=C)[C@H]3[C@H](OC(=O)/C=C/C)C12. The molecule has 0 N–H and O–H groups in total. The van der Waals surface area contributed by atoms with E-state index in [2.05, 4.69) is 13.2 Å². The van der Waals surface area contributed by atoms with Crippen LogP contribution in [0.5, 0.6) is 0 Å². The molecule has 1 unspecified atom stereocenters. The zero-order valence-corrected chi connectivity index (χ0v) is 16.0. The van der Waals surface area contributed by atoms with Crippen LogP contribution in [0.2, 0.25) is 0 Å². The van der Waals surface area contributed by atoms with Crippen molar-refractivity contribution in [3.05, 3.63) is 36.5 Å². The van der Waals surface area contributed by atoms with Crippen LogP contribution in [0.3, 0.4) is 0 Å². The Hall–Kier alpha value is -2.37. The first-order chi connectivity index (χ1) is 12.7. The van der Waals surface area contributed by atoms with E-state index in [9.17, 15) is 14.4 Å².